The number of ether oxygens (including phenoxy) is 1. The Morgan fingerprint density at radius 1 is 1.26 bits per heavy atom. The van der Waals surface area contributed by atoms with Crippen LogP contribution >= 0.6 is 11.6 Å². The van der Waals surface area contributed by atoms with Crippen molar-refractivity contribution < 1.29 is 24.4 Å². The Morgan fingerprint density at radius 2 is 2.00 bits per heavy atom. The Hall–Kier alpha value is -3.13. The fourth-order valence-electron chi connectivity index (χ4n) is 2.48. The molecule has 1 atom stereocenters. The van der Waals surface area contributed by atoms with Crippen LogP contribution in [-0.2, 0) is 22.4 Å². The predicted octanol–water partition coefficient (Wildman–Crippen LogP) is 2.61. The standard InChI is InChI=1S/C18H17ClN2O6/c1-27-16-6-5-12(8-14(16)19)9-15(18(23)24)20-17(22)10-11-3-2-4-13(7-11)21(25)26/h2-8,15H,9-10H2,1H3,(H,20,22)(H,23,24)/t15-/m0/s1. The first-order chi connectivity index (χ1) is 12.8. The number of amides is 1. The van der Waals surface area contributed by atoms with Gasteiger partial charge in [0.25, 0.3) is 5.69 Å². The van der Waals surface area contributed by atoms with Crippen molar-refractivity contribution in [3.63, 3.8) is 0 Å². The molecular formula is C18H17ClN2O6. The first-order valence-electron chi connectivity index (χ1n) is 7.88. The molecule has 0 fully saturated rings. The summed E-state index contributed by atoms with van der Waals surface area (Å²) in [5.74, 6) is -1.29. The number of nitrogens with one attached hydrogen (secondary N) is 1. The summed E-state index contributed by atoms with van der Waals surface area (Å²) in [7, 11) is 1.47. The summed E-state index contributed by atoms with van der Waals surface area (Å²) in [5.41, 5.74) is 0.894. The third kappa shape index (κ3) is 5.68. The highest BCUT2D eigenvalue weighted by Crippen LogP contribution is 2.25. The molecule has 1 amide bonds. The highest BCUT2D eigenvalue weighted by Gasteiger charge is 2.21. The number of benzene rings is 2. The highest BCUT2D eigenvalue weighted by molar-refractivity contribution is 6.32. The number of non-ortho nitro benzene ring substituents is 1. The summed E-state index contributed by atoms with van der Waals surface area (Å²) in [6, 6.07) is 9.30. The van der Waals surface area contributed by atoms with Gasteiger partial charge in [-0.2, -0.15) is 0 Å². The van der Waals surface area contributed by atoms with Gasteiger partial charge >= 0.3 is 5.97 Å². The average Bonchev–Trinajstić information content (AvgIpc) is 2.61. The minimum absolute atomic E-state index is 0.0275. The SMILES string of the molecule is COc1ccc(C[C@H](NC(=O)Cc2cccc([N+](=O)[O-])c2)C(=O)O)cc1Cl. The molecule has 0 aliphatic rings. The third-order valence-electron chi connectivity index (χ3n) is 3.78. The number of nitrogens with zero attached hydrogens (tertiary/aromatic N) is 1. The summed E-state index contributed by atoms with van der Waals surface area (Å²) in [6.45, 7) is 0. The lowest BCUT2D eigenvalue weighted by molar-refractivity contribution is -0.384. The van der Waals surface area contributed by atoms with Gasteiger partial charge in [-0.25, -0.2) is 4.79 Å². The molecule has 9 heteroatoms. The fraction of sp³-hybridized carbons (Fsp3) is 0.222. The number of carboxylic acid groups (broad SMARTS) is 1. The van der Waals surface area contributed by atoms with Crippen molar-refractivity contribution >= 4 is 29.2 Å². The topological polar surface area (TPSA) is 119 Å². The van der Waals surface area contributed by atoms with Gasteiger partial charge in [-0.1, -0.05) is 29.8 Å². The number of methoxy groups -OCH3 is 1. The summed E-state index contributed by atoms with van der Waals surface area (Å²) in [5, 5.41) is 22.9. The number of nitro benzene ring substituents is 1. The zero-order valence-corrected chi connectivity index (χ0v) is 15.1. The molecule has 2 rings (SSSR count). The summed E-state index contributed by atoms with van der Waals surface area (Å²) < 4.78 is 5.04. The van der Waals surface area contributed by atoms with Gasteiger partial charge in [0.1, 0.15) is 11.8 Å². The molecule has 0 aromatic heterocycles. The molecule has 27 heavy (non-hydrogen) atoms. The van der Waals surface area contributed by atoms with Crippen LogP contribution in [0.4, 0.5) is 5.69 Å². The number of carboxylic acids is 1. The van der Waals surface area contributed by atoms with Crippen molar-refractivity contribution in [2.75, 3.05) is 7.11 Å². The molecule has 0 spiro atoms. The van der Waals surface area contributed by atoms with Crippen LogP contribution < -0.4 is 10.1 Å². The molecule has 2 aromatic rings. The molecule has 0 aliphatic carbocycles. The van der Waals surface area contributed by atoms with E-state index in [1.54, 1.807) is 24.3 Å². The van der Waals surface area contributed by atoms with Crippen molar-refractivity contribution in [2.24, 2.45) is 0 Å². The monoisotopic (exact) mass is 392 g/mol. The van der Waals surface area contributed by atoms with E-state index in [1.165, 1.54) is 25.3 Å². The van der Waals surface area contributed by atoms with Crippen LogP contribution in [0.15, 0.2) is 42.5 Å². The van der Waals surface area contributed by atoms with Gasteiger partial charge in [-0.15, -0.1) is 0 Å². The third-order valence-corrected chi connectivity index (χ3v) is 4.07. The fourth-order valence-corrected chi connectivity index (χ4v) is 2.76. The van der Waals surface area contributed by atoms with Gasteiger partial charge in [-0.05, 0) is 23.3 Å². The number of carbonyl (C=O) groups excluding carboxylic acids is 1. The van der Waals surface area contributed by atoms with Crippen LogP contribution in [0.3, 0.4) is 0 Å². The van der Waals surface area contributed by atoms with E-state index in [9.17, 15) is 24.8 Å². The van der Waals surface area contributed by atoms with E-state index in [-0.39, 0.29) is 18.5 Å². The van der Waals surface area contributed by atoms with Gasteiger partial charge in [0.2, 0.25) is 5.91 Å². The van der Waals surface area contributed by atoms with Crippen molar-refractivity contribution in [1.82, 2.24) is 5.32 Å². The summed E-state index contributed by atoms with van der Waals surface area (Å²) in [6.07, 6.45) is -0.144. The van der Waals surface area contributed by atoms with Crippen LogP contribution in [0.5, 0.6) is 5.75 Å². The van der Waals surface area contributed by atoms with Crippen molar-refractivity contribution in [3.8, 4) is 5.75 Å². The molecule has 142 valence electrons. The molecule has 0 radical (unpaired) electrons. The minimum atomic E-state index is -1.20. The van der Waals surface area contributed by atoms with Crippen molar-refractivity contribution in [1.29, 1.82) is 0 Å². The molecule has 0 heterocycles. The summed E-state index contributed by atoms with van der Waals surface area (Å²) >= 11 is 6.03. The van der Waals surface area contributed by atoms with E-state index in [0.29, 0.717) is 21.9 Å². The quantitative estimate of drug-likeness (QED) is 0.526. The largest absolute Gasteiger partial charge is 0.495 e. The second-order valence-electron chi connectivity index (χ2n) is 5.74. The molecule has 0 aliphatic heterocycles. The van der Waals surface area contributed by atoms with Crippen LogP contribution in [0, 0.1) is 10.1 Å². The van der Waals surface area contributed by atoms with Gasteiger partial charge in [0.15, 0.2) is 0 Å². The Balaban J connectivity index is 2.06. The second kappa shape index (κ2) is 9.00. The van der Waals surface area contributed by atoms with Crippen molar-refractivity contribution in [2.45, 2.75) is 18.9 Å². The number of aliphatic carboxylic acids is 1. The molecule has 0 bridgehead atoms. The number of nitro groups is 1. The minimum Gasteiger partial charge on any atom is -0.495 e. The number of hydrogen-bond donors (Lipinski definition) is 2. The first-order valence-corrected chi connectivity index (χ1v) is 8.26. The van der Waals surface area contributed by atoms with Crippen LogP contribution in [-0.4, -0.2) is 35.1 Å². The maximum absolute atomic E-state index is 12.2. The highest BCUT2D eigenvalue weighted by atomic mass is 35.5. The summed E-state index contributed by atoms with van der Waals surface area (Å²) in [4.78, 5) is 33.9. The normalized spacial score (nSPS) is 11.5. The number of halogens is 1. The Kier molecular flexibility index (Phi) is 6.73. The average molecular weight is 393 g/mol. The molecule has 0 saturated heterocycles. The zero-order chi connectivity index (χ0) is 20.0. The Labute approximate surface area is 159 Å². The van der Waals surface area contributed by atoms with Gasteiger partial charge in [0, 0.05) is 18.6 Å². The molecule has 2 N–H and O–H groups in total. The van der Waals surface area contributed by atoms with Crippen LogP contribution in [0.25, 0.3) is 0 Å². The van der Waals surface area contributed by atoms with E-state index in [2.05, 4.69) is 5.32 Å². The van der Waals surface area contributed by atoms with E-state index < -0.39 is 22.8 Å². The van der Waals surface area contributed by atoms with Crippen LogP contribution in [0.1, 0.15) is 11.1 Å². The predicted molar refractivity (Wildman–Crippen MR) is 98.1 cm³/mol. The molecule has 2 aromatic carbocycles. The Morgan fingerprint density at radius 3 is 2.59 bits per heavy atom. The van der Waals surface area contributed by atoms with E-state index >= 15 is 0 Å². The zero-order valence-electron chi connectivity index (χ0n) is 14.3. The molecule has 0 saturated carbocycles. The number of carbonyl (C=O) groups is 2. The molecule has 0 unspecified atom stereocenters. The van der Waals surface area contributed by atoms with Crippen LogP contribution in [0.2, 0.25) is 5.02 Å². The van der Waals surface area contributed by atoms with Gasteiger partial charge in [0.05, 0.1) is 23.5 Å². The first kappa shape index (κ1) is 20.2. The molecular weight excluding hydrogens is 376 g/mol. The second-order valence-corrected chi connectivity index (χ2v) is 6.14. The van der Waals surface area contributed by atoms with Gasteiger partial charge < -0.3 is 15.2 Å². The molecule has 8 nitrogen and oxygen atoms in total. The smallest absolute Gasteiger partial charge is 0.326 e. The maximum atomic E-state index is 12.2. The Bertz CT molecular complexity index is 871. The van der Waals surface area contributed by atoms with E-state index in [1.807, 2.05) is 0 Å². The van der Waals surface area contributed by atoms with Gasteiger partial charge in [-0.3, -0.25) is 14.9 Å². The lowest BCUT2D eigenvalue weighted by atomic mass is 10.0. The van der Waals surface area contributed by atoms with E-state index in [4.69, 9.17) is 16.3 Å². The lowest BCUT2D eigenvalue weighted by Crippen LogP contribution is -2.43. The number of hydrogen-bond acceptors (Lipinski definition) is 5. The lowest BCUT2D eigenvalue weighted by Gasteiger charge is -2.15. The maximum Gasteiger partial charge on any atom is 0.326 e. The van der Waals surface area contributed by atoms with E-state index in [0.717, 1.165) is 0 Å². The number of rotatable bonds is 8. The van der Waals surface area contributed by atoms with Crippen molar-refractivity contribution in [3.05, 3.63) is 68.7 Å².